The van der Waals surface area contributed by atoms with Gasteiger partial charge in [-0.25, -0.2) is 9.78 Å². The quantitative estimate of drug-likeness (QED) is 0.382. The van der Waals surface area contributed by atoms with Gasteiger partial charge in [-0.2, -0.15) is 13.2 Å². The number of thiazole rings is 1. The zero-order valence-corrected chi connectivity index (χ0v) is 17.8. The van der Waals surface area contributed by atoms with E-state index in [9.17, 15) is 18.0 Å². The van der Waals surface area contributed by atoms with E-state index in [1.165, 1.54) is 23.5 Å². The van der Waals surface area contributed by atoms with Crippen LogP contribution in [0.3, 0.4) is 0 Å². The summed E-state index contributed by atoms with van der Waals surface area (Å²) in [6.45, 7) is 2.36. The first kappa shape index (κ1) is 22.0. The van der Waals surface area contributed by atoms with E-state index in [0.717, 1.165) is 39.2 Å². The van der Waals surface area contributed by atoms with Crippen LogP contribution in [0.2, 0.25) is 0 Å². The van der Waals surface area contributed by atoms with Crippen molar-refractivity contribution in [3.8, 4) is 10.6 Å². The van der Waals surface area contributed by atoms with Crippen LogP contribution < -0.4 is 0 Å². The van der Waals surface area contributed by atoms with Gasteiger partial charge in [0.15, 0.2) is 0 Å². The number of carboxylic acids is 1. The molecule has 2 aromatic heterocycles. The number of ether oxygens (including phenoxy) is 1. The van der Waals surface area contributed by atoms with E-state index in [2.05, 4.69) is 9.55 Å². The molecular formula is C23H19F3N2O3S. The molecule has 32 heavy (non-hydrogen) atoms. The number of aromatic nitrogens is 2. The number of carboxylic acid groups (broad SMARTS) is 1. The van der Waals surface area contributed by atoms with E-state index in [1.807, 2.05) is 37.4 Å². The molecule has 0 unspecified atom stereocenters. The second-order valence-electron chi connectivity index (χ2n) is 7.33. The summed E-state index contributed by atoms with van der Waals surface area (Å²) in [5, 5.41) is 10.4. The molecule has 0 radical (unpaired) electrons. The first-order valence-electron chi connectivity index (χ1n) is 9.72. The fourth-order valence-electron chi connectivity index (χ4n) is 3.39. The Morgan fingerprint density at radius 2 is 1.91 bits per heavy atom. The summed E-state index contributed by atoms with van der Waals surface area (Å²) in [5.41, 5.74) is 2.71. The summed E-state index contributed by atoms with van der Waals surface area (Å²) in [7, 11) is 0. The van der Waals surface area contributed by atoms with Gasteiger partial charge in [-0.15, -0.1) is 11.3 Å². The Kier molecular flexibility index (Phi) is 6.03. The molecule has 166 valence electrons. The highest BCUT2D eigenvalue weighted by Crippen LogP contribution is 2.33. The molecule has 0 aliphatic rings. The largest absolute Gasteiger partial charge is 0.480 e. The SMILES string of the molecule is Cc1nc(-c2ccc(C(F)(F)F)cc2)sc1Cn1ccc2cc(COCC(=O)O)ccc21. The third-order valence-corrected chi connectivity index (χ3v) is 6.19. The zero-order chi connectivity index (χ0) is 22.9. The number of alkyl halides is 3. The molecule has 4 rings (SSSR count). The molecule has 0 saturated heterocycles. The van der Waals surface area contributed by atoms with Crippen molar-refractivity contribution in [2.45, 2.75) is 26.3 Å². The predicted octanol–water partition coefficient (Wildman–Crippen LogP) is 5.74. The van der Waals surface area contributed by atoms with E-state index in [0.29, 0.717) is 17.1 Å². The third kappa shape index (κ3) is 4.84. The van der Waals surface area contributed by atoms with Gasteiger partial charge in [0.1, 0.15) is 11.6 Å². The summed E-state index contributed by atoms with van der Waals surface area (Å²) < 4.78 is 45.6. The fourth-order valence-corrected chi connectivity index (χ4v) is 4.46. The normalized spacial score (nSPS) is 11.9. The number of hydrogen-bond donors (Lipinski definition) is 1. The molecule has 0 fully saturated rings. The van der Waals surface area contributed by atoms with Crippen molar-refractivity contribution in [3.63, 3.8) is 0 Å². The Bertz CT molecular complexity index is 1260. The van der Waals surface area contributed by atoms with Crippen molar-refractivity contribution in [1.29, 1.82) is 0 Å². The molecule has 2 heterocycles. The van der Waals surface area contributed by atoms with Crippen molar-refractivity contribution in [3.05, 3.63) is 76.4 Å². The highest BCUT2D eigenvalue weighted by atomic mass is 32.1. The molecule has 0 saturated carbocycles. The number of aryl methyl sites for hydroxylation is 1. The van der Waals surface area contributed by atoms with Crippen molar-refractivity contribution in [1.82, 2.24) is 9.55 Å². The Balaban J connectivity index is 1.52. The minimum absolute atomic E-state index is 0.220. The van der Waals surface area contributed by atoms with Crippen LogP contribution in [0.25, 0.3) is 21.5 Å². The molecule has 0 spiro atoms. The van der Waals surface area contributed by atoms with Gasteiger partial charge in [0.25, 0.3) is 0 Å². The topological polar surface area (TPSA) is 64.4 Å². The lowest BCUT2D eigenvalue weighted by Crippen LogP contribution is -2.06. The summed E-state index contributed by atoms with van der Waals surface area (Å²) in [6, 6.07) is 12.8. The van der Waals surface area contributed by atoms with E-state index in [4.69, 9.17) is 9.84 Å². The Labute approximate surface area is 185 Å². The number of fused-ring (bicyclic) bond motifs is 1. The first-order chi connectivity index (χ1) is 15.2. The molecule has 0 bridgehead atoms. The van der Waals surface area contributed by atoms with E-state index in [-0.39, 0.29) is 13.2 Å². The van der Waals surface area contributed by atoms with Gasteiger partial charge in [0, 0.05) is 22.2 Å². The fraction of sp³-hybridized carbons (Fsp3) is 0.217. The lowest BCUT2D eigenvalue weighted by molar-refractivity contribution is -0.142. The maximum atomic E-state index is 12.8. The van der Waals surface area contributed by atoms with Crippen molar-refractivity contribution >= 4 is 28.2 Å². The number of halogens is 3. The maximum Gasteiger partial charge on any atom is 0.416 e. The highest BCUT2D eigenvalue weighted by Gasteiger charge is 2.30. The van der Waals surface area contributed by atoms with Crippen LogP contribution >= 0.6 is 11.3 Å². The Hall–Kier alpha value is -3.17. The van der Waals surface area contributed by atoms with Crippen LogP contribution in [-0.4, -0.2) is 27.2 Å². The van der Waals surface area contributed by atoms with Crippen LogP contribution in [0.1, 0.15) is 21.7 Å². The Morgan fingerprint density at radius 1 is 1.16 bits per heavy atom. The van der Waals surface area contributed by atoms with Gasteiger partial charge in [-0.3, -0.25) is 0 Å². The lowest BCUT2D eigenvalue weighted by Gasteiger charge is -2.06. The maximum absolute atomic E-state index is 12.8. The minimum Gasteiger partial charge on any atom is -0.480 e. The van der Waals surface area contributed by atoms with E-state index in [1.54, 1.807) is 0 Å². The van der Waals surface area contributed by atoms with Gasteiger partial charge in [-0.1, -0.05) is 18.2 Å². The van der Waals surface area contributed by atoms with Crippen LogP contribution in [0.4, 0.5) is 13.2 Å². The first-order valence-corrected chi connectivity index (χ1v) is 10.5. The van der Waals surface area contributed by atoms with Crippen molar-refractivity contribution < 1.29 is 27.8 Å². The molecule has 2 aromatic carbocycles. The summed E-state index contributed by atoms with van der Waals surface area (Å²) in [6.07, 6.45) is -2.40. The summed E-state index contributed by atoms with van der Waals surface area (Å²) >= 11 is 1.46. The number of benzene rings is 2. The number of carbonyl (C=O) groups is 1. The average molecular weight is 460 g/mol. The number of nitrogens with zero attached hydrogens (tertiary/aromatic N) is 2. The van der Waals surface area contributed by atoms with Gasteiger partial charge in [-0.05, 0) is 48.2 Å². The molecule has 5 nitrogen and oxygen atoms in total. The number of hydrogen-bond acceptors (Lipinski definition) is 4. The summed E-state index contributed by atoms with van der Waals surface area (Å²) in [5.74, 6) is -1.01. The molecule has 9 heteroatoms. The molecule has 0 amide bonds. The van der Waals surface area contributed by atoms with Crippen LogP contribution in [-0.2, 0) is 28.9 Å². The van der Waals surface area contributed by atoms with Crippen LogP contribution in [0.15, 0.2) is 54.7 Å². The van der Waals surface area contributed by atoms with Crippen LogP contribution in [0, 0.1) is 6.92 Å². The number of rotatable bonds is 7. The zero-order valence-electron chi connectivity index (χ0n) is 17.0. The molecule has 0 aliphatic carbocycles. The average Bonchev–Trinajstić information content (AvgIpc) is 3.31. The van der Waals surface area contributed by atoms with Gasteiger partial charge in [0.2, 0.25) is 0 Å². The Morgan fingerprint density at radius 3 is 2.59 bits per heavy atom. The lowest BCUT2D eigenvalue weighted by atomic mass is 10.1. The monoisotopic (exact) mass is 460 g/mol. The molecular weight excluding hydrogens is 441 g/mol. The summed E-state index contributed by atoms with van der Waals surface area (Å²) in [4.78, 5) is 16.2. The van der Waals surface area contributed by atoms with Crippen LogP contribution in [0.5, 0.6) is 0 Å². The second kappa shape index (κ2) is 8.76. The highest BCUT2D eigenvalue weighted by molar-refractivity contribution is 7.15. The van der Waals surface area contributed by atoms with Gasteiger partial charge in [0.05, 0.1) is 24.4 Å². The van der Waals surface area contributed by atoms with Gasteiger partial charge < -0.3 is 14.4 Å². The van der Waals surface area contributed by atoms with Crippen molar-refractivity contribution in [2.24, 2.45) is 0 Å². The number of aliphatic carboxylic acids is 1. The van der Waals surface area contributed by atoms with Crippen molar-refractivity contribution in [2.75, 3.05) is 6.61 Å². The molecule has 0 atom stereocenters. The third-order valence-electron chi connectivity index (χ3n) is 5.00. The van der Waals surface area contributed by atoms with E-state index < -0.39 is 17.7 Å². The smallest absolute Gasteiger partial charge is 0.416 e. The predicted molar refractivity (Wildman–Crippen MR) is 116 cm³/mol. The minimum atomic E-state index is -4.36. The van der Waals surface area contributed by atoms with Gasteiger partial charge >= 0.3 is 12.1 Å². The second-order valence-corrected chi connectivity index (χ2v) is 8.41. The molecule has 0 aliphatic heterocycles. The van der Waals surface area contributed by atoms with E-state index >= 15 is 0 Å². The molecule has 4 aromatic rings. The molecule has 1 N–H and O–H groups in total. The standard InChI is InChI=1S/C23H19F3N2O3S/c1-14-20(32-22(27-14)16-3-5-18(6-4-16)23(24,25)26)11-28-9-8-17-10-15(2-7-19(17)28)12-31-13-21(29)30/h2-10H,11-13H2,1H3,(H,29,30).